The van der Waals surface area contributed by atoms with Crippen LogP contribution in [-0.2, 0) is 16.1 Å². The lowest BCUT2D eigenvalue weighted by Gasteiger charge is -2.26. The molecule has 0 saturated carbocycles. The van der Waals surface area contributed by atoms with Crippen LogP contribution in [0.15, 0.2) is 34.9 Å². The van der Waals surface area contributed by atoms with Crippen LogP contribution in [0.25, 0.3) is 10.9 Å². The molecule has 0 fully saturated rings. The Morgan fingerprint density at radius 1 is 1.42 bits per heavy atom. The van der Waals surface area contributed by atoms with Crippen molar-refractivity contribution in [3.63, 3.8) is 0 Å². The van der Waals surface area contributed by atoms with Gasteiger partial charge in [0.2, 0.25) is 5.91 Å². The number of hydrogen-bond donors (Lipinski definition) is 2. The van der Waals surface area contributed by atoms with E-state index in [0.29, 0.717) is 19.6 Å². The molecule has 0 aliphatic heterocycles. The highest BCUT2D eigenvalue weighted by molar-refractivity contribution is 9.10. The summed E-state index contributed by atoms with van der Waals surface area (Å²) in [6.07, 6.45) is 1.72. The van der Waals surface area contributed by atoms with Crippen molar-refractivity contribution in [2.45, 2.75) is 26.4 Å². The number of carbonyl (C=O) groups is 2. The Labute approximate surface area is 149 Å². The van der Waals surface area contributed by atoms with E-state index in [2.05, 4.69) is 26.2 Å². The molecule has 1 atom stereocenters. The maximum atomic E-state index is 11.4. The molecule has 0 saturated heterocycles. The number of halogens is 1. The SMILES string of the molecule is CC(=O)NCCN(Cc1cc(Br)cc2cccnc12)C(C)C(=O)O. The van der Waals surface area contributed by atoms with E-state index in [9.17, 15) is 14.7 Å². The third-order valence-corrected chi connectivity index (χ3v) is 4.26. The van der Waals surface area contributed by atoms with Gasteiger partial charge < -0.3 is 10.4 Å². The Bertz CT molecular complexity index is 751. The van der Waals surface area contributed by atoms with Gasteiger partial charge in [0.15, 0.2) is 0 Å². The second-order valence-electron chi connectivity index (χ2n) is 5.61. The third kappa shape index (κ3) is 4.75. The van der Waals surface area contributed by atoms with Gasteiger partial charge in [-0.3, -0.25) is 19.5 Å². The largest absolute Gasteiger partial charge is 0.480 e. The molecule has 0 bridgehead atoms. The molecule has 1 heterocycles. The van der Waals surface area contributed by atoms with Crippen molar-refractivity contribution in [1.29, 1.82) is 0 Å². The molecule has 7 heteroatoms. The number of amides is 1. The fourth-order valence-corrected chi connectivity index (χ4v) is 3.03. The molecular weight excluding hydrogens is 374 g/mol. The highest BCUT2D eigenvalue weighted by Crippen LogP contribution is 2.24. The van der Waals surface area contributed by atoms with E-state index in [1.165, 1.54) is 6.92 Å². The topological polar surface area (TPSA) is 82.5 Å². The van der Waals surface area contributed by atoms with E-state index in [1.54, 1.807) is 13.1 Å². The molecule has 1 aromatic heterocycles. The van der Waals surface area contributed by atoms with E-state index in [0.717, 1.165) is 20.9 Å². The minimum Gasteiger partial charge on any atom is -0.480 e. The lowest BCUT2D eigenvalue weighted by atomic mass is 10.1. The predicted octanol–water partition coefficient (Wildman–Crippen LogP) is 2.41. The van der Waals surface area contributed by atoms with Crippen molar-refractivity contribution in [2.24, 2.45) is 0 Å². The van der Waals surface area contributed by atoms with Crippen LogP contribution in [0.2, 0.25) is 0 Å². The fraction of sp³-hybridized carbons (Fsp3) is 0.353. The summed E-state index contributed by atoms with van der Waals surface area (Å²) in [4.78, 5) is 28.7. The van der Waals surface area contributed by atoms with Crippen LogP contribution in [-0.4, -0.2) is 46.0 Å². The Balaban J connectivity index is 2.28. The second kappa shape index (κ2) is 8.21. The lowest BCUT2D eigenvalue weighted by molar-refractivity contribution is -0.142. The molecule has 0 aliphatic carbocycles. The summed E-state index contributed by atoms with van der Waals surface area (Å²) < 4.78 is 0.919. The second-order valence-corrected chi connectivity index (χ2v) is 6.52. The molecule has 2 aromatic rings. The Morgan fingerprint density at radius 2 is 2.17 bits per heavy atom. The summed E-state index contributed by atoms with van der Waals surface area (Å²) in [6, 6.07) is 7.10. The molecule has 2 rings (SSSR count). The lowest BCUT2D eigenvalue weighted by Crippen LogP contribution is -2.42. The smallest absolute Gasteiger partial charge is 0.320 e. The van der Waals surface area contributed by atoms with Crippen LogP contribution in [0, 0.1) is 0 Å². The van der Waals surface area contributed by atoms with Crippen LogP contribution < -0.4 is 5.32 Å². The van der Waals surface area contributed by atoms with Gasteiger partial charge in [0.25, 0.3) is 0 Å². The molecule has 24 heavy (non-hydrogen) atoms. The first-order valence-corrected chi connectivity index (χ1v) is 8.42. The normalized spacial score (nSPS) is 12.3. The van der Waals surface area contributed by atoms with Gasteiger partial charge in [0, 0.05) is 42.6 Å². The van der Waals surface area contributed by atoms with Crippen molar-refractivity contribution in [2.75, 3.05) is 13.1 Å². The van der Waals surface area contributed by atoms with Gasteiger partial charge in [-0.15, -0.1) is 0 Å². The Morgan fingerprint density at radius 3 is 2.83 bits per heavy atom. The molecule has 1 amide bonds. The monoisotopic (exact) mass is 393 g/mol. The predicted molar refractivity (Wildman–Crippen MR) is 95.6 cm³/mol. The van der Waals surface area contributed by atoms with Gasteiger partial charge in [-0.05, 0) is 30.7 Å². The average Bonchev–Trinajstić information content (AvgIpc) is 2.52. The highest BCUT2D eigenvalue weighted by atomic mass is 79.9. The Hall–Kier alpha value is -1.99. The summed E-state index contributed by atoms with van der Waals surface area (Å²) in [6.45, 7) is 4.35. The minimum atomic E-state index is -0.898. The zero-order valence-electron chi connectivity index (χ0n) is 13.6. The maximum Gasteiger partial charge on any atom is 0.320 e. The van der Waals surface area contributed by atoms with Crippen molar-refractivity contribution in [3.8, 4) is 0 Å². The standard InChI is InChI=1S/C17H20BrN3O3/c1-11(17(23)24)21(7-6-19-12(2)22)10-14-9-15(18)8-13-4-3-5-20-16(13)14/h3-5,8-9,11H,6-7,10H2,1-2H3,(H,19,22)(H,23,24). The summed E-state index contributed by atoms with van der Waals surface area (Å²) in [5, 5.41) is 13.1. The van der Waals surface area contributed by atoms with E-state index < -0.39 is 12.0 Å². The van der Waals surface area contributed by atoms with Gasteiger partial charge in [-0.1, -0.05) is 22.0 Å². The van der Waals surface area contributed by atoms with Crippen LogP contribution in [0.5, 0.6) is 0 Å². The van der Waals surface area contributed by atoms with E-state index in [1.807, 2.05) is 29.2 Å². The van der Waals surface area contributed by atoms with E-state index >= 15 is 0 Å². The summed E-state index contributed by atoms with van der Waals surface area (Å²) in [5.41, 5.74) is 1.79. The third-order valence-electron chi connectivity index (χ3n) is 3.80. The molecule has 6 nitrogen and oxygen atoms in total. The van der Waals surface area contributed by atoms with Crippen molar-refractivity contribution >= 4 is 38.7 Å². The molecule has 2 N–H and O–H groups in total. The zero-order valence-corrected chi connectivity index (χ0v) is 15.2. The van der Waals surface area contributed by atoms with Crippen LogP contribution in [0.1, 0.15) is 19.4 Å². The van der Waals surface area contributed by atoms with Crippen molar-refractivity contribution in [3.05, 3.63) is 40.5 Å². The molecule has 0 aliphatic rings. The number of nitrogens with one attached hydrogen (secondary N) is 1. The molecule has 0 spiro atoms. The van der Waals surface area contributed by atoms with Crippen LogP contribution in [0.4, 0.5) is 0 Å². The number of nitrogens with zero attached hydrogens (tertiary/aromatic N) is 2. The highest BCUT2D eigenvalue weighted by Gasteiger charge is 2.21. The van der Waals surface area contributed by atoms with Gasteiger partial charge in [-0.25, -0.2) is 0 Å². The number of aliphatic carboxylic acids is 1. The van der Waals surface area contributed by atoms with Crippen LogP contribution >= 0.6 is 15.9 Å². The van der Waals surface area contributed by atoms with Gasteiger partial charge >= 0.3 is 5.97 Å². The summed E-state index contributed by atoms with van der Waals surface area (Å²) in [7, 11) is 0. The fourth-order valence-electron chi connectivity index (χ4n) is 2.51. The molecule has 1 unspecified atom stereocenters. The summed E-state index contributed by atoms with van der Waals surface area (Å²) in [5.74, 6) is -1.03. The number of fused-ring (bicyclic) bond motifs is 1. The van der Waals surface area contributed by atoms with Crippen LogP contribution in [0.3, 0.4) is 0 Å². The molecule has 128 valence electrons. The number of carbonyl (C=O) groups excluding carboxylic acids is 1. The van der Waals surface area contributed by atoms with Gasteiger partial charge in [0.1, 0.15) is 6.04 Å². The molecule has 0 radical (unpaired) electrons. The zero-order chi connectivity index (χ0) is 17.7. The first-order chi connectivity index (χ1) is 11.4. The number of pyridine rings is 1. The quantitative estimate of drug-likeness (QED) is 0.754. The first-order valence-electron chi connectivity index (χ1n) is 7.63. The first kappa shape index (κ1) is 18.4. The van der Waals surface area contributed by atoms with Crippen molar-refractivity contribution < 1.29 is 14.7 Å². The number of benzene rings is 1. The van der Waals surface area contributed by atoms with E-state index in [4.69, 9.17) is 0 Å². The minimum absolute atomic E-state index is 0.132. The van der Waals surface area contributed by atoms with Gasteiger partial charge in [0.05, 0.1) is 5.52 Å². The maximum absolute atomic E-state index is 11.4. The summed E-state index contributed by atoms with van der Waals surface area (Å²) >= 11 is 3.49. The number of carboxylic acids is 1. The van der Waals surface area contributed by atoms with E-state index in [-0.39, 0.29) is 5.91 Å². The molecular formula is C17H20BrN3O3. The molecule has 1 aromatic carbocycles. The number of hydrogen-bond acceptors (Lipinski definition) is 4. The Kier molecular flexibility index (Phi) is 6.28. The number of rotatable bonds is 7. The number of carboxylic acid groups (broad SMARTS) is 1. The number of aromatic nitrogens is 1. The average molecular weight is 394 g/mol. The van der Waals surface area contributed by atoms with Gasteiger partial charge in [-0.2, -0.15) is 0 Å². The van der Waals surface area contributed by atoms with Crippen molar-refractivity contribution in [1.82, 2.24) is 15.2 Å².